The van der Waals surface area contributed by atoms with E-state index in [4.69, 9.17) is 9.47 Å². The molecule has 0 aliphatic carbocycles. The number of para-hydroxylation sites is 2. The Morgan fingerprint density at radius 2 is 1.88 bits per heavy atom. The predicted molar refractivity (Wildman–Crippen MR) is 85.7 cm³/mol. The van der Waals surface area contributed by atoms with Gasteiger partial charge in [0, 0.05) is 12.1 Å². The Labute approximate surface area is 142 Å². The number of benzene rings is 2. The van der Waals surface area contributed by atoms with Gasteiger partial charge in [0.05, 0.1) is 5.56 Å². The molecule has 0 aromatic heterocycles. The molecule has 0 saturated carbocycles. The van der Waals surface area contributed by atoms with Gasteiger partial charge in [-0.25, -0.2) is 0 Å². The van der Waals surface area contributed by atoms with Gasteiger partial charge >= 0.3 is 6.18 Å². The van der Waals surface area contributed by atoms with Crippen LogP contribution in [-0.4, -0.2) is 18.6 Å². The summed E-state index contributed by atoms with van der Waals surface area (Å²) in [4.78, 5) is 12.0. The highest BCUT2D eigenvalue weighted by atomic mass is 19.4. The van der Waals surface area contributed by atoms with E-state index in [0.29, 0.717) is 24.5 Å². The van der Waals surface area contributed by atoms with E-state index in [1.165, 1.54) is 12.1 Å². The molecule has 2 aromatic carbocycles. The molecule has 1 unspecified atom stereocenters. The summed E-state index contributed by atoms with van der Waals surface area (Å²) in [7, 11) is 0. The van der Waals surface area contributed by atoms with Crippen molar-refractivity contribution in [1.29, 1.82) is 0 Å². The van der Waals surface area contributed by atoms with Gasteiger partial charge in [-0.15, -0.1) is 0 Å². The van der Waals surface area contributed by atoms with Crippen LogP contribution in [0.5, 0.6) is 11.5 Å². The Morgan fingerprint density at radius 1 is 1.12 bits per heavy atom. The second-order valence-electron chi connectivity index (χ2n) is 5.66. The first kappa shape index (κ1) is 17.1. The van der Waals surface area contributed by atoms with Crippen LogP contribution >= 0.6 is 0 Å². The number of hydrogen-bond donors (Lipinski definition) is 1. The number of rotatable bonds is 4. The molecule has 4 nitrogen and oxygen atoms in total. The van der Waals surface area contributed by atoms with Crippen molar-refractivity contribution in [2.45, 2.75) is 25.1 Å². The third-order valence-electron chi connectivity index (χ3n) is 3.73. The van der Waals surface area contributed by atoms with Crippen LogP contribution in [0.3, 0.4) is 0 Å². The van der Waals surface area contributed by atoms with E-state index in [9.17, 15) is 18.0 Å². The number of carbonyl (C=O) groups excluding carboxylic acids is 1. The number of carbonyl (C=O) groups is 1. The maximum atomic E-state index is 12.7. The third-order valence-corrected chi connectivity index (χ3v) is 3.73. The lowest BCUT2D eigenvalue weighted by molar-refractivity contribution is -0.137. The van der Waals surface area contributed by atoms with Gasteiger partial charge in [0.1, 0.15) is 12.7 Å². The first-order chi connectivity index (χ1) is 11.9. The normalized spacial score (nSPS) is 16.4. The van der Waals surface area contributed by atoms with Gasteiger partial charge in [-0.05, 0) is 36.8 Å². The summed E-state index contributed by atoms with van der Waals surface area (Å²) in [5.41, 5.74) is -0.683. The summed E-state index contributed by atoms with van der Waals surface area (Å²) in [6.45, 7) is 0.327. The number of anilines is 1. The maximum Gasteiger partial charge on any atom is 0.416 e. The molecule has 1 aliphatic rings. The van der Waals surface area contributed by atoms with Gasteiger partial charge in [-0.2, -0.15) is 13.2 Å². The van der Waals surface area contributed by atoms with E-state index in [0.717, 1.165) is 12.1 Å². The predicted octanol–water partition coefficient (Wildman–Crippen LogP) is 4.26. The van der Waals surface area contributed by atoms with Crippen molar-refractivity contribution in [3.8, 4) is 11.5 Å². The standard InChI is InChI=1S/C18H16F3NO3/c19-18(20,21)12-4-3-5-13(10-12)22-17(23)9-8-14-11-24-15-6-1-2-7-16(15)25-14/h1-7,10,14H,8-9,11H2,(H,22,23). The van der Waals surface area contributed by atoms with Crippen molar-refractivity contribution >= 4 is 11.6 Å². The smallest absolute Gasteiger partial charge is 0.416 e. The first-order valence-corrected chi connectivity index (χ1v) is 7.77. The fourth-order valence-corrected chi connectivity index (χ4v) is 2.49. The zero-order chi connectivity index (χ0) is 17.9. The Balaban J connectivity index is 1.52. The van der Waals surface area contributed by atoms with Crippen LogP contribution in [0.25, 0.3) is 0 Å². The molecule has 7 heteroatoms. The number of halogens is 3. The minimum Gasteiger partial charge on any atom is -0.486 e. The molecule has 132 valence electrons. The molecular weight excluding hydrogens is 335 g/mol. The molecule has 1 aliphatic heterocycles. The monoisotopic (exact) mass is 351 g/mol. The van der Waals surface area contributed by atoms with Gasteiger partial charge in [-0.1, -0.05) is 18.2 Å². The van der Waals surface area contributed by atoms with E-state index in [-0.39, 0.29) is 24.1 Å². The zero-order valence-electron chi connectivity index (χ0n) is 13.2. The lowest BCUT2D eigenvalue weighted by atomic mass is 10.1. The molecular formula is C18H16F3NO3. The van der Waals surface area contributed by atoms with Crippen molar-refractivity contribution in [2.24, 2.45) is 0 Å². The quantitative estimate of drug-likeness (QED) is 0.895. The van der Waals surface area contributed by atoms with E-state index >= 15 is 0 Å². The molecule has 1 N–H and O–H groups in total. The summed E-state index contributed by atoms with van der Waals surface area (Å²) in [5, 5.41) is 2.48. The Bertz CT molecular complexity index is 761. The molecule has 2 aromatic rings. The Kier molecular flexibility index (Phi) is 4.83. The van der Waals surface area contributed by atoms with Gasteiger partial charge < -0.3 is 14.8 Å². The van der Waals surface area contributed by atoms with Crippen LogP contribution in [0.1, 0.15) is 18.4 Å². The molecule has 0 bridgehead atoms. The molecule has 0 spiro atoms. The molecule has 25 heavy (non-hydrogen) atoms. The number of amides is 1. The van der Waals surface area contributed by atoms with E-state index in [1.54, 1.807) is 12.1 Å². The van der Waals surface area contributed by atoms with Crippen LogP contribution in [0, 0.1) is 0 Å². The molecule has 0 fully saturated rings. The number of fused-ring (bicyclic) bond motifs is 1. The van der Waals surface area contributed by atoms with Crippen molar-refractivity contribution in [3.05, 3.63) is 54.1 Å². The number of hydrogen-bond acceptors (Lipinski definition) is 3. The highest BCUT2D eigenvalue weighted by Crippen LogP contribution is 2.32. The van der Waals surface area contributed by atoms with Gasteiger partial charge in [0.25, 0.3) is 0 Å². The lowest BCUT2D eigenvalue weighted by Crippen LogP contribution is -2.30. The molecule has 3 rings (SSSR count). The fourth-order valence-electron chi connectivity index (χ4n) is 2.49. The number of ether oxygens (including phenoxy) is 2. The molecule has 1 atom stereocenters. The van der Waals surface area contributed by atoms with E-state index < -0.39 is 11.7 Å². The van der Waals surface area contributed by atoms with Crippen LogP contribution < -0.4 is 14.8 Å². The molecule has 0 radical (unpaired) electrons. The van der Waals surface area contributed by atoms with Crippen LogP contribution in [0.2, 0.25) is 0 Å². The van der Waals surface area contributed by atoms with E-state index in [1.807, 2.05) is 12.1 Å². The summed E-state index contributed by atoms with van der Waals surface area (Å²) in [6.07, 6.45) is -4.20. The lowest BCUT2D eigenvalue weighted by Gasteiger charge is -2.26. The largest absolute Gasteiger partial charge is 0.486 e. The SMILES string of the molecule is O=C(CCC1COc2ccccc2O1)Nc1cccc(C(F)(F)F)c1. The number of alkyl halides is 3. The highest BCUT2D eigenvalue weighted by molar-refractivity contribution is 5.90. The second kappa shape index (κ2) is 7.04. The Hall–Kier alpha value is -2.70. The second-order valence-corrected chi connectivity index (χ2v) is 5.66. The summed E-state index contributed by atoms with van der Waals surface area (Å²) >= 11 is 0. The summed E-state index contributed by atoms with van der Waals surface area (Å²) in [5.74, 6) is 0.908. The molecule has 1 heterocycles. The minimum atomic E-state index is -4.44. The third kappa shape index (κ3) is 4.43. The highest BCUT2D eigenvalue weighted by Gasteiger charge is 2.30. The van der Waals surface area contributed by atoms with Crippen molar-refractivity contribution in [2.75, 3.05) is 11.9 Å². The van der Waals surface area contributed by atoms with Crippen LogP contribution in [0.15, 0.2) is 48.5 Å². The number of nitrogens with one attached hydrogen (secondary N) is 1. The van der Waals surface area contributed by atoms with Crippen molar-refractivity contribution in [3.63, 3.8) is 0 Å². The van der Waals surface area contributed by atoms with Crippen LogP contribution in [-0.2, 0) is 11.0 Å². The van der Waals surface area contributed by atoms with E-state index in [2.05, 4.69) is 5.32 Å². The molecule has 1 amide bonds. The van der Waals surface area contributed by atoms with Gasteiger partial charge in [-0.3, -0.25) is 4.79 Å². The maximum absolute atomic E-state index is 12.7. The molecule has 0 saturated heterocycles. The topological polar surface area (TPSA) is 47.6 Å². The van der Waals surface area contributed by atoms with Gasteiger partial charge in [0.15, 0.2) is 11.5 Å². The average molecular weight is 351 g/mol. The zero-order valence-corrected chi connectivity index (χ0v) is 13.2. The average Bonchev–Trinajstić information content (AvgIpc) is 2.59. The van der Waals surface area contributed by atoms with Crippen LogP contribution in [0.4, 0.5) is 18.9 Å². The first-order valence-electron chi connectivity index (χ1n) is 7.77. The van der Waals surface area contributed by atoms with Crippen molar-refractivity contribution < 1.29 is 27.4 Å². The Morgan fingerprint density at radius 3 is 2.64 bits per heavy atom. The fraction of sp³-hybridized carbons (Fsp3) is 0.278. The van der Waals surface area contributed by atoms with Gasteiger partial charge in [0.2, 0.25) is 5.91 Å². The summed E-state index contributed by atoms with van der Waals surface area (Å²) in [6, 6.07) is 11.8. The summed E-state index contributed by atoms with van der Waals surface area (Å²) < 4.78 is 49.3. The van der Waals surface area contributed by atoms with Crippen molar-refractivity contribution in [1.82, 2.24) is 0 Å². The minimum absolute atomic E-state index is 0.117.